The number of rotatable bonds is 6. The summed E-state index contributed by atoms with van der Waals surface area (Å²) in [6, 6.07) is 11.2. The lowest BCUT2D eigenvalue weighted by atomic mass is 10.1. The molecule has 0 radical (unpaired) electrons. The standard InChI is InChI=1S/C24H15Cl4FN4O3S/c1-12-10-33(11-13-2-3-14(25)6-20(13)27)22-17(12)7-15(29)8-18(22)23-30-31-24(36-23)32-37(34,35)16-4-5-19(26)21(28)9-16/h2-10H,11H2,1H3,(H,31,32). The molecule has 5 rings (SSSR count). The molecule has 2 aromatic heterocycles. The number of fused-ring (bicyclic) bond motifs is 1. The van der Waals surface area contributed by atoms with Gasteiger partial charge in [0.25, 0.3) is 15.9 Å². The van der Waals surface area contributed by atoms with Gasteiger partial charge in [-0.15, -0.1) is 5.10 Å². The summed E-state index contributed by atoms with van der Waals surface area (Å²) in [6.45, 7) is 2.19. The first-order valence-electron chi connectivity index (χ1n) is 10.6. The maximum atomic E-state index is 14.6. The van der Waals surface area contributed by atoms with Crippen LogP contribution in [0.2, 0.25) is 20.1 Å². The van der Waals surface area contributed by atoms with Crippen molar-refractivity contribution in [2.24, 2.45) is 0 Å². The highest BCUT2D eigenvalue weighted by Gasteiger charge is 2.22. The smallest absolute Gasteiger partial charge is 0.330 e. The van der Waals surface area contributed by atoms with Crippen LogP contribution in [-0.4, -0.2) is 23.2 Å². The van der Waals surface area contributed by atoms with Gasteiger partial charge in [-0.05, 0) is 60.5 Å². The van der Waals surface area contributed by atoms with E-state index in [1.165, 1.54) is 30.3 Å². The molecule has 37 heavy (non-hydrogen) atoms. The second kappa shape index (κ2) is 9.81. The van der Waals surface area contributed by atoms with Crippen LogP contribution >= 0.6 is 46.4 Å². The monoisotopic (exact) mass is 598 g/mol. The molecule has 13 heteroatoms. The van der Waals surface area contributed by atoms with E-state index in [1.807, 2.05) is 17.7 Å². The van der Waals surface area contributed by atoms with E-state index in [2.05, 4.69) is 14.9 Å². The van der Waals surface area contributed by atoms with Crippen LogP contribution in [-0.2, 0) is 16.6 Å². The molecule has 0 spiro atoms. The molecule has 190 valence electrons. The fourth-order valence-electron chi connectivity index (χ4n) is 3.89. The molecule has 0 saturated heterocycles. The van der Waals surface area contributed by atoms with Gasteiger partial charge in [-0.25, -0.2) is 17.5 Å². The normalized spacial score (nSPS) is 11.8. The Morgan fingerprint density at radius 3 is 2.49 bits per heavy atom. The van der Waals surface area contributed by atoms with Crippen LogP contribution in [0, 0.1) is 12.7 Å². The van der Waals surface area contributed by atoms with Gasteiger partial charge in [-0.3, -0.25) is 0 Å². The number of hydrogen-bond donors (Lipinski definition) is 1. The number of aryl methyl sites for hydroxylation is 1. The summed E-state index contributed by atoms with van der Waals surface area (Å²) in [4.78, 5) is -0.154. The number of nitrogens with one attached hydrogen (secondary N) is 1. The minimum Gasteiger partial charge on any atom is -0.403 e. The van der Waals surface area contributed by atoms with Crippen LogP contribution in [0.5, 0.6) is 0 Å². The van der Waals surface area contributed by atoms with E-state index in [0.717, 1.165) is 11.1 Å². The first kappa shape index (κ1) is 25.8. The number of anilines is 1. The summed E-state index contributed by atoms with van der Waals surface area (Å²) < 4.78 is 49.8. The van der Waals surface area contributed by atoms with E-state index in [0.29, 0.717) is 27.5 Å². The van der Waals surface area contributed by atoms with Gasteiger partial charge in [-0.2, -0.15) is 0 Å². The molecular formula is C24H15Cl4FN4O3S. The zero-order chi connectivity index (χ0) is 26.5. The SMILES string of the molecule is Cc1cn(Cc2ccc(Cl)cc2Cl)c2c(-c3nnc(NS(=O)(=O)c4ccc(Cl)c(Cl)c4)o3)cc(F)cc12. The fourth-order valence-corrected chi connectivity index (χ4v) is 5.67. The van der Waals surface area contributed by atoms with Crippen molar-refractivity contribution in [2.75, 3.05) is 4.72 Å². The number of benzene rings is 3. The molecule has 0 unspecified atom stereocenters. The predicted molar refractivity (Wildman–Crippen MR) is 143 cm³/mol. The summed E-state index contributed by atoms with van der Waals surface area (Å²) in [5, 5.41) is 9.62. The fraction of sp³-hybridized carbons (Fsp3) is 0.0833. The zero-order valence-corrected chi connectivity index (χ0v) is 22.6. The van der Waals surface area contributed by atoms with Crippen molar-refractivity contribution >= 4 is 73.3 Å². The molecule has 0 atom stereocenters. The molecule has 0 fully saturated rings. The highest BCUT2D eigenvalue weighted by Crippen LogP contribution is 2.34. The molecule has 0 bridgehead atoms. The highest BCUT2D eigenvalue weighted by atomic mass is 35.5. The molecule has 1 N–H and O–H groups in total. The van der Waals surface area contributed by atoms with Crippen molar-refractivity contribution in [2.45, 2.75) is 18.4 Å². The maximum Gasteiger partial charge on any atom is 0.330 e. The third-order valence-corrected chi connectivity index (χ3v) is 8.21. The van der Waals surface area contributed by atoms with E-state index in [1.54, 1.807) is 18.2 Å². The van der Waals surface area contributed by atoms with Crippen molar-refractivity contribution in [1.29, 1.82) is 0 Å². The third kappa shape index (κ3) is 5.15. The molecule has 0 saturated carbocycles. The average molecular weight is 600 g/mol. The van der Waals surface area contributed by atoms with Crippen LogP contribution in [0.25, 0.3) is 22.4 Å². The number of nitrogens with zero attached hydrogens (tertiary/aromatic N) is 3. The van der Waals surface area contributed by atoms with Gasteiger partial charge in [0.2, 0.25) is 0 Å². The molecule has 0 aliphatic carbocycles. The quantitative estimate of drug-likeness (QED) is 0.217. The van der Waals surface area contributed by atoms with Crippen molar-refractivity contribution < 1.29 is 17.2 Å². The minimum absolute atomic E-state index is 0.0647. The lowest BCUT2D eigenvalue weighted by Crippen LogP contribution is -2.13. The molecule has 0 amide bonds. The van der Waals surface area contributed by atoms with E-state index in [4.69, 9.17) is 50.8 Å². The Labute approximate surface area is 230 Å². The number of sulfonamides is 1. The van der Waals surface area contributed by atoms with Gasteiger partial charge in [0.15, 0.2) is 0 Å². The van der Waals surface area contributed by atoms with Gasteiger partial charge < -0.3 is 8.98 Å². The lowest BCUT2D eigenvalue weighted by Gasteiger charge is -2.10. The first-order chi connectivity index (χ1) is 17.5. The summed E-state index contributed by atoms with van der Waals surface area (Å²) in [6.07, 6.45) is 1.85. The Morgan fingerprint density at radius 2 is 1.76 bits per heavy atom. The Hall–Kier alpha value is -2.82. The van der Waals surface area contributed by atoms with Crippen LogP contribution in [0.3, 0.4) is 0 Å². The molecule has 5 aromatic rings. The summed E-state index contributed by atoms with van der Waals surface area (Å²) in [5.41, 5.74) is 2.48. The lowest BCUT2D eigenvalue weighted by molar-refractivity contribution is 0.576. The Kier molecular flexibility index (Phi) is 6.84. The number of halogens is 5. The van der Waals surface area contributed by atoms with Gasteiger partial charge in [0.1, 0.15) is 5.82 Å². The van der Waals surface area contributed by atoms with Crippen molar-refractivity contribution in [3.8, 4) is 11.5 Å². The van der Waals surface area contributed by atoms with E-state index >= 15 is 0 Å². The summed E-state index contributed by atoms with van der Waals surface area (Å²) in [7, 11) is -4.12. The Bertz CT molecular complexity index is 1790. The van der Waals surface area contributed by atoms with Crippen LogP contribution in [0.1, 0.15) is 11.1 Å². The third-order valence-electron chi connectivity index (χ3n) is 5.57. The minimum atomic E-state index is -4.12. The van der Waals surface area contributed by atoms with E-state index in [9.17, 15) is 12.8 Å². The predicted octanol–water partition coefficient (Wildman–Crippen LogP) is 7.60. The van der Waals surface area contributed by atoms with Crippen molar-refractivity contribution in [3.63, 3.8) is 0 Å². The number of aromatic nitrogens is 3. The van der Waals surface area contributed by atoms with Gasteiger partial charge in [0.05, 0.1) is 26.0 Å². The average Bonchev–Trinajstić information content (AvgIpc) is 3.41. The van der Waals surface area contributed by atoms with Gasteiger partial charge in [0, 0.05) is 28.2 Å². The van der Waals surface area contributed by atoms with Gasteiger partial charge in [-0.1, -0.05) is 57.6 Å². The second-order valence-corrected chi connectivity index (χ2v) is 11.5. The van der Waals surface area contributed by atoms with Crippen molar-refractivity contribution in [3.05, 3.63) is 91.8 Å². The maximum absolute atomic E-state index is 14.6. The van der Waals surface area contributed by atoms with Crippen LogP contribution in [0.4, 0.5) is 10.4 Å². The molecular weight excluding hydrogens is 585 g/mol. The van der Waals surface area contributed by atoms with E-state index in [-0.39, 0.29) is 26.4 Å². The van der Waals surface area contributed by atoms with Crippen LogP contribution in [0.15, 0.2) is 64.0 Å². The zero-order valence-electron chi connectivity index (χ0n) is 18.8. The summed E-state index contributed by atoms with van der Waals surface area (Å²) >= 11 is 24.2. The van der Waals surface area contributed by atoms with Gasteiger partial charge >= 0.3 is 6.01 Å². The largest absolute Gasteiger partial charge is 0.403 e. The van der Waals surface area contributed by atoms with Crippen LogP contribution < -0.4 is 4.72 Å². The molecule has 2 heterocycles. The van der Waals surface area contributed by atoms with Crippen molar-refractivity contribution in [1.82, 2.24) is 14.8 Å². The summed E-state index contributed by atoms with van der Waals surface area (Å²) in [5.74, 6) is -0.609. The molecule has 0 aliphatic heterocycles. The molecule has 7 nitrogen and oxygen atoms in total. The first-order valence-corrected chi connectivity index (χ1v) is 13.6. The Morgan fingerprint density at radius 1 is 0.973 bits per heavy atom. The second-order valence-electron chi connectivity index (χ2n) is 8.12. The topological polar surface area (TPSA) is 90.0 Å². The highest BCUT2D eigenvalue weighted by molar-refractivity contribution is 7.92. The molecule has 0 aliphatic rings. The van der Waals surface area contributed by atoms with E-state index < -0.39 is 21.9 Å². The molecule has 3 aromatic carbocycles. The number of hydrogen-bond acceptors (Lipinski definition) is 5. The Balaban J connectivity index is 1.54.